The number of hydrogen-bond donors (Lipinski definition) is 1. The lowest BCUT2D eigenvalue weighted by Gasteiger charge is -2.28. The van der Waals surface area contributed by atoms with Crippen LogP contribution < -0.4 is 10.2 Å². The molecular weight excluding hydrogens is 352 g/mol. The Morgan fingerprint density at radius 3 is 2.88 bits per heavy atom. The molecule has 0 saturated heterocycles. The van der Waals surface area contributed by atoms with Gasteiger partial charge in [-0.05, 0) is 25.0 Å². The van der Waals surface area contributed by atoms with Crippen molar-refractivity contribution in [3.8, 4) is 0 Å². The number of nitrogens with one attached hydrogen (secondary N) is 1. The molecule has 1 N–H and O–H groups in total. The quantitative estimate of drug-likeness (QED) is 0.829. The standard InChI is InChI=1S/C18H20N4O3S/c23-15-10-22(14-9-5-4-8-13(14)19-15)16(24)11-26-18-21-20-17(25-18)12-6-2-1-3-7-12/h4-5,8-9,12H,1-3,6-7,10-11H2,(H,19,23). The summed E-state index contributed by atoms with van der Waals surface area (Å²) in [5.74, 6) is 0.823. The molecule has 0 bridgehead atoms. The third kappa shape index (κ3) is 3.60. The summed E-state index contributed by atoms with van der Waals surface area (Å²) in [7, 11) is 0. The predicted octanol–water partition coefficient (Wildman–Crippen LogP) is 3.19. The highest BCUT2D eigenvalue weighted by atomic mass is 32.2. The van der Waals surface area contributed by atoms with Crippen molar-refractivity contribution in [1.82, 2.24) is 10.2 Å². The van der Waals surface area contributed by atoms with E-state index in [0.29, 0.717) is 28.4 Å². The first kappa shape index (κ1) is 17.1. The van der Waals surface area contributed by atoms with Gasteiger partial charge in [-0.3, -0.25) is 9.59 Å². The molecule has 0 spiro atoms. The van der Waals surface area contributed by atoms with Crippen LogP contribution in [0.3, 0.4) is 0 Å². The van der Waals surface area contributed by atoms with Crippen LogP contribution in [0.5, 0.6) is 0 Å². The average Bonchev–Trinajstić information content (AvgIpc) is 3.15. The maximum Gasteiger partial charge on any atom is 0.277 e. The summed E-state index contributed by atoms with van der Waals surface area (Å²) in [5.41, 5.74) is 1.37. The molecular formula is C18H20N4O3S. The van der Waals surface area contributed by atoms with Crippen LogP contribution >= 0.6 is 11.8 Å². The van der Waals surface area contributed by atoms with Crippen LogP contribution in [-0.2, 0) is 9.59 Å². The van der Waals surface area contributed by atoms with Gasteiger partial charge in [0.25, 0.3) is 5.22 Å². The fourth-order valence-electron chi connectivity index (χ4n) is 3.45. The molecule has 1 saturated carbocycles. The Morgan fingerprint density at radius 1 is 1.23 bits per heavy atom. The molecule has 0 atom stereocenters. The highest BCUT2D eigenvalue weighted by Crippen LogP contribution is 2.33. The minimum atomic E-state index is -0.195. The number of nitrogens with zero attached hydrogens (tertiary/aromatic N) is 3. The molecule has 1 aromatic carbocycles. The van der Waals surface area contributed by atoms with E-state index in [9.17, 15) is 9.59 Å². The first-order valence-electron chi connectivity index (χ1n) is 8.86. The van der Waals surface area contributed by atoms with E-state index in [1.807, 2.05) is 18.2 Å². The maximum absolute atomic E-state index is 12.6. The number of benzene rings is 1. The largest absolute Gasteiger partial charge is 0.416 e. The average molecular weight is 372 g/mol. The molecule has 0 unspecified atom stereocenters. The van der Waals surface area contributed by atoms with Gasteiger partial charge in [0.15, 0.2) is 0 Å². The van der Waals surface area contributed by atoms with E-state index in [-0.39, 0.29) is 24.1 Å². The Bertz CT molecular complexity index is 816. The number of para-hydroxylation sites is 2. The lowest BCUT2D eigenvalue weighted by atomic mass is 9.89. The highest BCUT2D eigenvalue weighted by Gasteiger charge is 2.27. The third-order valence-corrected chi connectivity index (χ3v) is 5.57. The minimum absolute atomic E-state index is 0.0214. The molecule has 2 amide bonds. The van der Waals surface area contributed by atoms with Gasteiger partial charge in [0.1, 0.15) is 6.54 Å². The zero-order valence-corrected chi connectivity index (χ0v) is 15.1. The van der Waals surface area contributed by atoms with Crippen LogP contribution in [0.2, 0.25) is 0 Å². The number of anilines is 2. The highest BCUT2D eigenvalue weighted by molar-refractivity contribution is 7.99. The topological polar surface area (TPSA) is 88.3 Å². The monoisotopic (exact) mass is 372 g/mol. The molecule has 1 aromatic heterocycles. The first-order valence-corrected chi connectivity index (χ1v) is 9.85. The number of carbonyl (C=O) groups is 2. The van der Waals surface area contributed by atoms with Crippen LogP contribution in [0.15, 0.2) is 33.9 Å². The minimum Gasteiger partial charge on any atom is -0.416 e. The molecule has 2 aromatic rings. The van der Waals surface area contributed by atoms with Gasteiger partial charge in [0.05, 0.1) is 17.1 Å². The second-order valence-corrected chi connectivity index (χ2v) is 7.50. The van der Waals surface area contributed by atoms with Gasteiger partial charge in [-0.25, -0.2) is 0 Å². The zero-order chi connectivity index (χ0) is 17.9. The lowest BCUT2D eigenvalue weighted by molar-refractivity contribution is -0.120. The van der Waals surface area contributed by atoms with Crippen LogP contribution in [0.4, 0.5) is 11.4 Å². The van der Waals surface area contributed by atoms with Crippen molar-refractivity contribution in [2.75, 3.05) is 22.5 Å². The number of rotatable bonds is 4. The molecule has 2 heterocycles. The number of thioether (sulfide) groups is 1. The van der Waals surface area contributed by atoms with E-state index in [1.54, 1.807) is 6.07 Å². The van der Waals surface area contributed by atoms with Gasteiger partial charge >= 0.3 is 0 Å². The lowest BCUT2D eigenvalue weighted by Crippen LogP contribution is -2.43. The van der Waals surface area contributed by atoms with Crippen molar-refractivity contribution in [1.29, 1.82) is 0 Å². The number of fused-ring (bicyclic) bond motifs is 1. The van der Waals surface area contributed by atoms with Crippen LogP contribution in [-0.4, -0.2) is 34.3 Å². The molecule has 8 heteroatoms. The summed E-state index contributed by atoms with van der Waals surface area (Å²) >= 11 is 1.22. The molecule has 4 rings (SSSR count). The van der Waals surface area contributed by atoms with E-state index < -0.39 is 0 Å². The Balaban J connectivity index is 1.40. The molecule has 136 valence electrons. The number of amides is 2. The molecule has 1 fully saturated rings. The van der Waals surface area contributed by atoms with Gasteiger partial charge in [-0.2, -0.15) is 0 Å². The Kier molecular flexibility index (Phi) is 4.92. The second kappa shape index (κ2) is 7.49. The van der Waals surface area contributed by atoms with Gasteiger partial charge < -0.3 is 14.6 Å². The van der Waals surface area contributed by atoms with Gasteiger partial charge in [0.2, 0.25) is 17.7 Å². The summed E-state index contributed by atoms with van der Waals surface area (Å²) in [5, 5.41) is 11.4. The first-order chi connectivity index (χ1) is 12.7. The van der Waals surface area contributed by atoms with Crippen molar-refractivity contribution >= 4 is 35.0 Å². The number of carbonyl (C=O) groups excluding carboxylic acids is 2. The predicted molar refractivity (Wildman–Crippen MR) is 98.3 cm³/mol. The summed E-state index contributed by atoms with van der Waals surface area (Å²) in [6, 6.07) is 7.28. The van der Waals surface area contributed by atoms with Gasteiger partial charge in [-0.15, -0.1) is 10.2 Å². The van der Waals surface area contributed by atoms with Crippen molar-refractivity contribution < 1.29 is 14.0 Å². The molecule has 0 radical (unpaired) electrons. The smallest absolute Gasteiger partial charge is 0.277 e. The van der Waals surface area contributed by atoms with Crippen LogP contribution in [0.25, 0.3) is 0 Å². The van der Waals surface area contributed by atoms with E-state index in [0.717, 1.165) is 12.8 Å². The van der Waals surface area contributed by atoms with E-state index in [1.165, 1.54) is 35.9 Å². The molecule has 7 nitrogen and oxygen atoms in total. The molecule has 26 heavy (non-hydrogen) atoms. The summed E-state index contributed by atoms with van der Waals surface area (Å²) < 4.78 is 5.74. The SMILES string of the molecule is O=C1CN(C(=O)CSc2nnc(C3CCCCC3)o2)c2ccccc2N1. The molecule has 1 aliphatic carbocycles. The van der Waals surface area contributed by atoms with Crippen LogP contribution in [0, 0.1) is 0 Å². The number of aromatic nitrogens is 2. The van der Waals surface area contributed by atoms with Crippen molar-refractivity contribution in [2.45, 2.75) is 43.2 Å². The fourth-order valence-corrected chi connectivity index (χ4v) is 4.10. The molecule has 1 aliphatic heterocycles. The summed E-state index contributed by atoms with van der Waals surface area (Å²) in [6.07, 6.45) is 5.84. The zero-order valence-electron chi connectivity index (χ0n) is 14.3. The Morgan fingerprint density at radius 2 is 2.04 bits per heavy atom. The normalized spacial score (nSPS) is 17.7. The van der Waals surface area contributed by atoms with Crippen LogP contribution in [0.1, 0.15) is 43.9 Å². The molecule has 2 aliphatic rings. The third-order valence-electron chi connectivity index (χ3n) is 4.77. The van der Waals surface area contributed by atoms with E-state index in [4.69, 9.17) is 4.42 Å². The van der Waals surface area contributed by atoms with Crippen molar-refractivity contribution in [2.24, 2.45) is 0 Å². The summed E-state index contributed by atoms with van der Waals surface area (Å²) in [6.45, 7) is 0.0214. The maximum atomic E-state index is 12.6. The van der Waals surface area contributed by atoms with Crippen molar-refractivity contribution in [3.63, 3.8) is 0 Å². The Labute approximate surface area is 155 Å². The summed E-state index contributed by atoms with van der Waals surface area (Å²) in [4.78, 5) is 26.0. The number of hydrogen-bond acceptors (Lipinski definition) is 6. The van der Waals surface area contributed by atoms with Crippen molar-refractivity contribution in [3.05, 3.63) is 30.2 Å². The van der Waals surface area contributed by atoms with E-state index in [2.05, 4.69) is 15.5 Å². The van der Waals surface area contributed by atoms with E-state index >= 15 is 0 Å². The second-order valence-electron chi connectivity index (χ2n) is 6.58. The fraction of sp³-hybridized carbons (Fsp3) is 0.444. The van der Waals surface area contributed by atoms with Gasteiger partial charge in [0, 0.05) is 5.92 Å². The Hall–Kier alpha value is -2.35. The van der Waals surface area contributed by atoms with Gasteiger partial charge in [-0.1, -0.05) is 43.2 Å².